The van der Waals surface area contributed by atoms with Crippen LogP contribution in [0.3, 0.4) is 0 Å². The molecule has 2 aliphatic rings. The van der Waals surface area contributed by atoms with Gasteiger partial charge in [0.25, 0.3) is 0 Å². The summed E-state index contributed by atoms with van der Waals surface area (Å²) in [5, 5.41) is 3.43. The number of rotatable bonds is 0. The van der Waals surface area contributed by atoms with Crippen LogP contribution < -0.4 is 10.1 Å². The molecule has 1 fully saturated rings. The van der Waals surface area contributed by atoms with Crippen LogP contribution in [0, 0.1) is 5.82 Å². The van der Waals surface area contributed by atoms with Crippen molar-refractivity contribution >= 4 is 0 Å². The standard InChI is InChI=1S/C11H12FNO/c12-8-1-2-9-10(7-8)14-6-4-11(9)3-5-13-11/h1-2,7,13H,3-6H2/t11-/m0/s1. The fraction of sp³-hybridized carbons (Fsp3) is 0.455. The van der Waals surface area contributed by atoms with E-state index >= 15 is 0 Å². The van der Waals surface area contributed by atoms with E-state index in [9.17, 15) is 4.39 Å². The molecule has 14 heavy (non-hydrogen) atoms. The second kappa shape index (κ2) is 2.70. The number of ether oxygens (including phenoxy) is 1. The average molecular weight is 193 g/mol. The van der Waals surface area contributed by atoms with Crippen molar-refractivity contribution in [3.63, 3.8) is 0 Å². The summed E-state index contributed by atoms with van der Waals surface area (Å²) < 4.78 is 18.4. The molecule has 2 heterocycles. The van der Waals surface area contributed by atoms with Crippen molar-refractivity contribution in [2.75, 3.05) is 13.2 Å². The van der Waals surface area contributed by atoms with Crippen LogP contribution in [-0.4, -0.2) is 13.2 Å². The van der Waals surface area contributed by atoms with Crippen molar-refractivity contribution in [2.24, 2.45) is 0 Å². The summed E-state index contributed by atoms with van der Waals surface area (Å²) in [5.74, 6) is 0.489. The second-order valence-corrected chi connectivity index (χ2v) is 4.00. The van der Waals surface area contributed by atoms with Crippen LogP contribution in [0.15, 0.2) is 18.2 Å². The van der Waals surface area contributed by atoms with Gasteiger partial charge in [0.15, 0.2) is 0 Å². The van der Waals surface area contributed by atoms with Crippen LogP contribution in [0.4, 0.5) is 4.39 Å². The van der Waals surface area contributed by atoms with Gasteiger partial charge in [-0.15, -0.1) is 0 Å². The van der Waals surface area contributed by atoms with Crippen LogP contribution in [0.1, 0.15) is 18.4 Å². The third-order valence-electron chi connectivity index (χ3n) is 3.26. The molecule has 1 aromatic rings. The lowest BCUT2D eigenvalue weighted by Crippen LogP contribution is -2.56. The van der Waals surface area contributed by atoms with Gasteiger partial charge in [0.05, 0.1) is 12.1 Å². The third-order valence-corrected chi connectivity index (χ3v) is 3.26. The minimum Gasteiger partial charge on any atom is -0.493 e. The second-order valence-electron chi connectivity index (χ2n) is 4.00. The Labute approximate surface area is 82.1 Å². The van der Waals surface area contributed by atoms with E-state index in [1.54, 1.807) is 0 Å². The molecule has 1 spiro atoms. The maximum Gasteiger partial charge on any atom is 0.127 e. The van der Waals surface area contributed by atoms with Crippen molar-refractivity contribution in [3.8, 4) is 5.75 Å². The van der Waals surface area contributed by atoms with Gasteiger partial charge in [0.2, 0.25) is 0 Å². The summed E-state index contributed by atoms with van der Waals surface area (Å²) in [6.45, 7) is 1.74. The maximum absolute atomic E-state index is 13.0. The van der Waals surface area contributed by atoms with E-state index in [2.05, 4.69) is 5.32 Å². The van der Waals surface area contributed by atoms with Gasteiger partial charge in [-0.1, -0.05) is 6.07 Å². The Morgan fingerprint density at radius 2 is 2.21 bits per heavy atom. The fourth-order valence-electron chi connectivity index (χ4n) is 2.35. The third kappa shape index (κ3) is 0.989. The van der Waals surface area contributed by atoms with E-state index < -0.39 is 0 Å². The molecule has 74 valence electrons. The minimum atomic E-state index is -0.222. The number of nitrogens with one attached hydrogen (secondary N) is 1. The highest BCUT2D eigenvalue weighted by molar-refractivity contribution is 5.42. The quantitative estimate of drug-likeness (QED) is 0.678. The Hall–Kier alpha value is -1.09. The molecule has 0 unspecified atom stereocenters. The summed E-state index contributed by atoms with van der Waals surface area (Å²) in [5.41, 5.74) is 1.21. The van der Waals surface area contributed by atoms with Crippen LogP contribution >= 0.6 is 0 Å². The summed E-state index contributed by atoms with van der Waals surface area (Å²) in [4.78, 5) is 0. The predicted octanol–water partition coefficient (Wildman–Crippen LogP) is 1.80. The molecule has 1 atom stereocenters. The van der Waals surface area contributed by atoms with Crippen molar-refractivity contribution in [1.82, 2.24) is 5.32 Å². The molecule has 3 heteroatoms. The molecule has 2 aliphatic heterocycles. The molecule has 1 N–H and O–H groups in total. The van der Waals surface area contributed by atoms with E-state index in [1.807, 2.05) is 6.07 Å². The van der Waals surface area contributed by atoms with E-state index in [1.165, 1.54) is 12.1 Å². The first-order valence-electron chi connectivity index (χ1n) is 4.98. The van der Waals surface area contributed by atoms with Gasteiger partial charge in [0, 0.05) is 18.1 Å². The van der Waals surface area contributed by atoms with E-state index in [-0.39, 0.29) is 11.4 Å². The highest BCUT2D eigenvalue weighted by Gasteiger charge is 2.42. The SMILES string of the molecule is Fc1ccc2c(c1)OCC[C@@]21CCN1. The zero-order valence-corrected chi connectivity index (χ0v) is 7.85. The molecule has 0 radical (unpaired) electrons. The smallest absolute Gasteiger partial charge is 0.127 e. The highest BCUT2D eigenvalue weighted by Crippen LogP contribution is 2.42. The highest BCUT2D eigenvalue weighted by atomic mass is 19.1. The van der Waals surface area contributed by atoms with E-state index in [0.717, 1.165) is 24.9 Å². The van der Waals surface area contributed by atoms with Crippen LogP contribution in [0.25, 0.3) is 0 Å². The molecule has 0 saturated carbocycles. The summed E-state index contributed by atoms with van der Waals surface area (Å²) in [6.07, 6.45) is 2.13. The van der Waals surface area contributed by atoms with Crippen LogP contribution in [0.5, 0.6) is 5.75 Å². The van der Waals surface area contributed by atoms with Gasteiger partial charge in [-0.3, -0.25) is 0 Å². The van der Waals surface area contributed by atoms with Gasteiger partial charge >= 0.3 is 0 Å². The zero-order valence-electron chi connectivity index (χ0n) is 7.85. The van der Waals surface area contributed by atoms with Crippen LogP contribution in [0.2, 0.25) is 0 Å². The minimum absolute atomic E-state index is 0.0846. The van der Waals surface area contributed by atoms with Gasteiger partial charge in [0.1, 0.15) is 11.6 Å². The summed E-state index contributed by atoms with van der Waals surface area (Å²) in [7, 11) is 0. The number of halogens is 1. The van der Waals surface area contributed by atoms with E-state index in [4.69, 9.17) is 4.74 Å². The molecule has 0 bridgehead atoms. The first-order chi connectivity index (χ1) is 6.80. The van der Waals surface area contributed by atoms with Crippen molar-refractivity contribution in [1.29, 1.82) is 0 Å². The lowest BCUT2D eigenvalue weighted by molar-refractivity contribution is 0.122. The summed E-state index contributed by atoms with van der Waals surface area (Å²) >= 11 is 0. The summed E-state index contributed by atoms with van der Waals surface area (Å²) in [6, 6.07) is 4.83. The molecule has 3 rings (SSSR count). The lowest BCUT2D eigenvalue weighted by atomic mass is 9.77. The topological polar surface area (TPSA) is 21.3 Å². The largest absolute Gasteiger partial charge is 0.493 e. The molecule has 0 aliphatic carbocycles. The Kier molecular flexibility index (Phi) is 1.59. The number of benzene rings is 1. The number of hydrogen-bond donors (Lipinski definition) is 1. The first kappa shape index (κ1) is 8.24. The Bertz CT molecular complexity index is 374. The molecule has 2 nitrogen and oxygen atoms in total. The van der Waals surface area contributed by atoms with Crippen molar-refractivity contribution in [3.05, 3.63) is 29.6 Å². The van der Waals surface area contributed by atoms with Crippen molar-refractivity contribution < 1.29 is 9.13 Å². The van der Waals surface area contributed by atoms with Crippen LogP contribution in [-0.2, 0) is 5.54 Å². The monoisotopic (exact) mass is 193 g/mol. The first-order valence-corrected chi connectivity index (χ1v) is 4.98. The van der Waals surface area contributed by atoms with Gasteiger partial charge in [-0.25, -0.2) is 4.39 Å². The number of fused-ring (bicyclic) bond motifs is 2. The number of hydrogen-bond acceptors (Lipinski definition) is 2. The van der Waals surface area contributed by atoms with Gasteiger partial charge in [-0.05, 0) is 19.0 Å². The molecule has 1 saturated heterocycles. The zero-order chi connectivity index (χ0) is 9.60. The predicted molar refractivity (Wildman–Crippen MR) is 50.8 cm³/mol. The normalized spacial score (nSPS) is 29.2. The molecule has 0 amide bonds. The lowest BCUT2D eigenvalue weighted by Gasteiger charge is -2.46. The average Bonchev–Trinajstić information content (AvgIpc) is 2.13. The Balaban J connectivity index is 2.10. The van der Waals surface area contributed by atoms with Gasteiger partial charge in [-0.2, -0.15) is 0 Å². The van der Waals surface area contributed by atoms with Gasteiger partial charge < -0.3 is 10.1 Å². The molecule has 0 aromatic heterocycles. The maximum atomic E-state index is 13.0. The van der Waals surface area contributed by atoms with E-state index in [0.29, 0.717) is 12.4 Å². The Morgan fingerprint density at radius 1 is 1.36 bits per heavy atom. The molecule has 1 aromatic carbocycles. The molecular formula is C11H12FNO. The van der Waals surface area contributed by atoms with Crippen molar-refractivity contribution in [2.45, 2.75) is 18.4 Å². The molecular weight excluding hydrogens is 181 g/mol. The fourth-order valence-corrected chi connectivity index (χ4v) is 2.35. The Morgan fingerprint density at radius 3 is 2.93 bits per heavy atom.